The second-order valence-corrected chi connectivity index (χ2v) is 7.24. The van der Waals surface area contributed by atoms with Crippen LogP contribution in [0.3, 0.4) is 0 Å². The van der Waals surface area contributed by atoms with E-state index in [1.54, 1.807) is 23.1 Å². The van der Waals surface area contributed by atoms with Gasteiger partial charge < -0.3 is 4.90 Å². The number of benzene rings is 1. The number of hydrogen-bond donors (Lipinski definition) is 0. The van der Waals surface area contributed by atoms with E-state index in [9.17, 15) is 4.79 Å². The standard InChI is InChI=1S/C15H15Cl2N3OS/c1-10-9-20(13-8-11(16)4-5-12(13)17)15(22-10)18-14(21)19-6-2-3-7-19/h4-5,8-9H,2-3,6-7H2,1H3. The molecule has 1 aliphatic rings. The van der Waals surface area contributed by atoms with Crippen molar-refractivity contribution >= 4 is 40.6 Å². The molecule has 116 valence electrons. The highest BCUT2D eigenvalue weighted by Gasteiger charge is 2.17. The first-order valence-corrected chi connectivity index (χ1v) is 8.60. The summed E-state index contributed by atoms with van der Waals surface area (Å²) in [5, 5.41) is 1.16. The Bertz CT molecular complexity index is 775. The molecule has 1 saturated heterocycles. The molecule has 0 atom stereocenters. The lowest BCUT2D eigenvalue weighted by molar-refractivity contribution is 0.218. The minimum Gasteiger partial charge on any atom is -0.323 e. The van der Waals surface area contributed by atoms with E-state index in [2.05, 4.69) is 4.99 Å². The van der Waals surface area contributed by atoms with Crippen molar-refractivity contribution in [2.75, 3.05) is 13.1 Å². The number of amides is 2. The van der Waals surface area contributed by atoms with Gasteiger partial charge in [-0.1, -0.05) is 23.2 Å². The number of aryl methyl sites for hydroxylation is 1. The van der Waals surface area contributed by atoms with Crippen molar-refractivity contribution in [2.45, 2.75) is 19.8 Å². The van der Waals surface area contributed by atoms with Crippen LogP contribution in [-0.2, 0) is 0 Å². The molecule has 2 amide bonds. The molecule has 0 spiro atoms. The van der Waals surface area contributed by atoms with Crippen molar-refractivity contribution in [3.8, 4) is 5.69 Å². The topological polar surface area (TPSA) is 37.6 Å². The van der Waals surface area contributed by atoms with Gasteiger partial charge in [0.1, 0.15) is 0 Å². The highest BCUT2D eigenvalue weighted by molar-refractivity contribution is 7.09. The quantitative estimate of drug-likeness (QED) is 0.752. The summed E-state index contributed by atoms with van der Waals surface area (Å²) in [7, 11) is 0. The third kappa shape index (κ3) is 3.21. The minimum absolute atomic E-state index is 0.189. The molecular formula is C15H15Cl2N3OS. The molecule has 1 aromatic carbocycles. The number of likely N-dealkylation sites (tertiary alicyclic amines) is 1. The molecule has 4 nitrogen and oxygen atoms in total. The van der Waals surface area contributed by atoms with Crippen molar-refractivity contribution in [1.82, 2.24) is 9.47 Å². The summed E-state index contributed by atoms with van der Waals surface area (Å²) in [6.45, 7) is 3.54. The van der Waals surface area contributed by atoms with E-state index >= 15 is 0 Å². The van der Waals surface area contributed by atoms with E-state index in [4.69, 9.17) is 23.2 Å². The summed E-state index contributed by atoms with van der Waals surface area (Å²) < 4.78 is 1.82. The zero-order valence-electron chi connectivity index (χ0n) is 12.1. The van der Waals surface area contributed by atoms with Crippen LogP contribution in [0.2, 0.25) is 10.0 Å². The fourth-order valence-electron chi connectivity index (χ4n) is 2.44. The summed E-state index contributed by atoms with van der Waals surface area (Å²) in [5.74, 6) is 0. The van der Waals surface area contributed by atoms with Crippen LogP contribution >= 0.6 is 34.5 Å². The van der Waals surface area contributed by atoms with Gasteiger partial charge in [-0.2, -0.15) is 4.99 Å². The summed E-state index contributed by atoms with van der Waals surface area (Å²) in [6, 6.07) is 5.06. The van der Waals surface area contributed by atoms with Crippen molar-refractivity contribution < 1.29 is 4.79 Å². The van der Waals surface area contributed by atoms with Crippen molar-refractivity contribution in [2.24, 2.45) is 4.99 Å². The lowest BCUT2D eigenvalue weighted by atomic mass is 10.3. The van der Waals surface area contributed by atoms with Gasteiger partial charge >= 0.3 is 6.03 Å². The first kappa shape index (κ1) is 15.6. The molecule has 0 radical (unpaired) electrons. The highest BCUT2D eigenvalue weighted by atomic mass is 35.5. The maximum atomic E-state index is 12.3. The molecule has 2 heterocycles. The molecule has 0 saturated carbocycles. The van der Waals surface area contributed by atoms with Crippen molar-refractivity contribution in [1.29, 1.82) is 0 Å². The van der Waals surface area contributed by atoms with Crippen LogP contribution in [0.1, 0.15) is 17.7 Å². The predicted octanol–water partition coefficient (Wildman–Crippen LogP) is 4.27. The van der Waals surface area contributed by atoms with Crippen LogP contribution in [0.5, 0.6) is 0 Å². The Labute approximate surface area is 142 Å². The second-order valence-electron chi connectivity index (χ2n) is 5.18. The number of urea groups is 1. The molecule has 0 bridgehead atoms. The van der Waals surface area contributed by atoms with E-state index in [1.807, 2.05) is 17.7 Å². The lowest BCUT2D eigenvalue weighted by Crippen LogP contribution is -2.27. The Hall–Kier alpha value is -1.30. The van der Waals surface area contributed by atoms with E-state index in [1.165, 1.54) is 11.3 Å². The summed E-state index contributed by atoms with van der Waals surface area (Å²) in [6.07, 6.45) is 4.01. The molecule has 0 unspecified atom stereocenters. The maximum absolute atomic E-state index is 12.3. The van der Waals surface area contributed by atoms with Gasteiger partial charge in [-0.05, 0) is 38.0 Å². The molecule has 1 fully saturated rings. The Morgan fingerprint density at radius 3 is 2.73 bits per heavy atom. The van der Waals surface area contributed by atoms with Crippen LogP contribution in [0.25, 0.3) is 5.69 Å². The Morgan fingerprint density at radius 1 is 1.27 bits per heavy atom. The van der Waals surface area contributed by atoms with Crippen LogP contribution in [0.4, 0.5) is 4.79 Å². The Morgan fingerprint density at radius 2 is 2.00 bits per heavy atom. The van der Waals surface area contributed by atoms with Crippen LogP contribution < -0.4 is 4.80 Å². The summed E-state index contributed by atoms with van der Waals surface area (Å²) in [5.41, 5.74) is 0.728. The second kappa shape index (κ2) is 6.44. The lowest BCUT2D eigenvalue weighted by Gasteiger charge is -2.11. The van der Waals surface area contributed by atoms with Crippen LogP contribution in [-0.4, -0.2) is 28.6 Å². The number of nitrogens with zero attached hydrogens (tertiary/aromatic N) is 3. The number of carbonyl (C=O) groups excluding carboxylic acids is 1. The molecular weight excluding hydrogens is 341 g/mol. The number of thiazole rings is 1. The Kier molecular flexibility index (Phi) is 4.57. The third-order valence-corrected chi connectivity index (χ3v) is 4.96. The van der Waals surface area contributed by atoms with Gasteiger partial charge in [-0.15, -0.1) is 11.3 Å². The van der Waals surface area contributed by atoms with E-state index in [0.717, 1.165) is 36.5 Å². The number of hydrogen-bond acceptors (Lipinski definition) is 2. The van der Waals surface area contributed by atoms with Crippen molar-refractivity contribution in [3.63, 3.8) is 0 Å². The minimum atomic E-state index is -0.189. The van der Waals surface area contributed by atoms with E-state index in [-0.39, 0.29) is 6.03 Å². The fraction of sp³-hybridized carbons (Fsp3) is 0.333. The number of halogens is 2. The third-order valence-electron chi connectivity index (χ3n) is 3.50. The smallest absolute Gasteiger partial charge is 0.323 e. The van der Waals surface area contributed by atoms with Gasteiger partial charge in [0, 0.05) is 29.2 Å². The summed E-state index contributed by atoms with van der Waals surface area (Å²) >= 11 is 13.8. The molecule has 7 heteroatoms. The molecule has 0 aliphatic carbocycles. The monoisotopic (exact) mass is 355 g/mol. The molecule has 3 rings (SSSR count). The average molecular weight is 356 g/mol. The largest absolute Gasteiger partial charge is 0.346 e. The normalized spacial score (nSPS) is 15.6. The molecule has 2 aromatic rings. The Balaban J connectivity index is 2.06. The van der Waals surface area contributed by atoms with Crippen LogP contribution in [0, 0.1) is 6.92 Å². The fourth-order valence-corrected chi connectivity index (χ4v) is 3.63. The number of aromatic nitrogens is 1. The maximum Gasteiger partial charge on any atom is 0.346 e. The van der Waals surface area contributed by atoms with Gasteiger partial charge in [0.15, 0.2) is 4.80 Å². The highest BCUT2D eigenvalue weighted by Crippen LogP contribution is 2.24. The van der Waals surface area contributed by atoms with Crippen LogP contribution in [0.15, 0.2) is 29.4 Å². The van der Waals surface area contributed by atoms with Gasteiger partial charge in [-0.25, -0.2) is 4.79 Å². The van der Waals surface area contributed by atoms with E-state index in [0.29, 0.717) is 14.8 Å². The zero-order chi connectivity index (χ0) is 15.7. The van der Waals surface area contributed by atoms with Gasteiger partial charge in [0.25, 0.3) is 0 Å². The SMILES string of the molecule is Cc1cn(-c2cc(Cl)ccc2Cl)c(=NC(=O)N2CCCC2)s1. The average Bonchev–Trinajstić information content (AvgIpc) is 3.11. The molecule has 0 N–H and O–H groups in total. The first-order valence-electron chi connectivity index (χ1n) is 7.03. The molecule has 22 heavy (non-hydrogen) atoms. The van der Waals surface area contributed by atoms with Gasteiger partial charge in [0.05, 0.1) is 10.7 Å². The van der Waals surface area contributed by atoms with Crippen molar-refractivity contribution in [3.05, 3.63) is 44.1 Å². The van der Waals surface area contributed by atoms with E-state index < -0.39 is 0 Å². The first-order chi connectivity index (χ1) is 10.5. The predicted molar refractivity (Wildman–Crippen MR) is 90.2 cm³/mol. The zero-order valence-corrected chi connectivity index (χ0v) is 14.4. The molecule has 1 aliphatic heterocycles. The van der Waals surface area contributed by atoms with Gasteiger partial charge in [-0.3, -0.25) is 4.57 Å². The molecule has 1 aromatic heterocycles. The summed E-state index contributed by atoms with van der Waals surface area (Å²) in [4.78, 5) is 20.0. The number of carbonyl (C=O) groups is 1. The number of rotatable bonds is 1. The van der Waals surface area contributed by atoms with Gasteiger partial charge in [0.2, 0.25) is 0 Å².